The van der Waals surface area contributed by atoms with E-state index in [-0.39, 0.29) is 6.61 Å². The largest absolute Gasteiger partial charge is 0.396 e. The molecule has 19 heavy (non-hydrogen) atoms. The number of benzene rings is 1. The van der Waals surface area contributed by atoms with Crippen molar-refractivity contribution in [2.45, 2.75) is 19.5 Å². The molecule has 2 N–H and O–H groups in total. The quantitative estimate of drug-likeness (QED) is 0.818. The zero-order chi connectivity index (χ0) is 13.5. The van der Waals surface area contributed by atoms with Crippen molar-refractivity contribution in [2.24, 2.45) is 0 Å². The molecule has 1 aromatic heterocycles. The third-order valence-electron chi connectivity index (χ3n) is 2.88. The SMILES string of the molecule is OCCCN(Cc1cccc(Cl)c1)Cc1ccn[nH]1. The molecule has 0 unspecified atom stereocenters. The van der Waals surface area contributed by atoms with Gasteiger partial charge in [-0.2, -0.15) is 5.10 Å². The van der Waals surface area contributed by atoms with E-state index in [9.17, 15) is 0 Å². The third-order valence-corrected chi connectivity index (χ3v) is 3.12. The van der Waals surface area contributed by atoms with Gasteiger partial charge in [-0.3, -0.25) is 10.00 Å². The molecular formula is C14H18ClN3O. The minimum Gasteiger partial charge on any atom is -0.396 e. The van der Waals surface area contributed by atoms with Crippen LogP contribution in [-0.4, -0.2) is 33.4 Å². The molecule has 5 heteroatoms. The van der Waals surface area contributed by atoms with Crippen molar-refractivity contribution in [3.63, 3.8) is 0 Å². The topological polar surface area (TPSA) is 52.1 Å². The second-order valence-corrected chi connectivity index (χ2v) is 4.94. The van der Waals surface area contributed by atoms with Crippen molar-refractivity contribution < 1.29 is 5.11 Å². The molecular weight excluding hydrogens is 262 g/mol. The van der Waals surface area contributed by atoms with E-state index in [4.69, 9.17) is 16.7 Å². The Kier molecular flexibility index (Phi) is 5.39. The molecule has 0 fully saturated rings. The summed E-state index contributed by atoms with van der Waals surface area (Å²) in [5.41, 5.74) is 2.24. The highest BCUT2D eigenvalue weighted by Gasteiger charge is 2.08. The first-order chi connectivity index (χ1) is 9.28. The molecule has 4 nitrogen and oxygen atoms in total. The van der Waals surface area contributed by atoms with Crippen molar-refractivity contribution in [2.75, 3.05) is 13.2 Å². The number of hydrogen-bond acceptors (Lipinski definition) is 3. The van der Waals surface area contributed by atoms with Gasteiger partial charge in [0.15, 0.2) is 0 Å². The maximum Gasteiger partial charge on any atom is 0.0492 e. The second kappa shape index (κ2) is 7.28. The van der Waals surface area contributed by atoms with E-state index >= 15 is 0 Å². The van der Waals surface area contributed by atoms with Crippen LogP contribution in [0.15, 0.2) is 36.5 Å². The van der Waals surface area contributed by atoms with E-state index < -0.39 is 0 Å². The second-order valence-electron chi connectivity index (χ2n) is 4.50. The van der Waals surface area contributed by atoms with Gasteiger partial charge in [-0.1, -0.05) is 23.7 Å². The van der Waals surface area contributed by atoms with E-state index in [0.717, 1.165) is 36.8 Å². The number of aromatic nitrogens is 2. The standard InChI is InChI=1S/C14H18ClN3O/c15-13-4-1-3-12(9-13)10-18(7-2-8-19)11-14-5-6-16-17-14/h1,3-6,9,19H,2,7-8,10-11H2,(H,16,17). The normalized spacial score (nSPS) is 11.1. The van der Waals surface area contributed by atoms with Crippen LogP contribution in [-0.2, 0) is 13.1 Å². The molecule has 0 radical (unpaired) electrons. The number of hydrogen-bond donors (Lipinski definition) is 2. The van der Waals surface area contributed by atoms with Gasteiger partial charge in [0.1, 0.15) is 0 Å². The van der Waals surface area contributed by atoms with Crippen molar-refractivity contribution >= 4 is 11.6 Å². The molecule has 0 aliphatic carbocycles. The molecule has 2 rings (SSSR count). The summed E-state index contributed by atoms with van der Waals surface area (Å²) in [6.07, 6.45) is 2.51. The van der Waals surface area contributed by atoms with Crippen molar-refractivity contribution in [3.8, 4) is 0 Å². The van der Waals surface area contributed by atoms with Gasteiger partial charge in [0.25, 0.3) is 0 Å². The summed E-state index contributed by atoms with van der Waals surface area (Å²) in [6, 6.07) is 9.82. The molecule has 0 saturated carbocycles. The van der Waals surface area contributed by atoms with E-state index in [1.165, 1.54) is 5.56 Å². The van der Waals surface area contributed by atoms with Crippen molar-refractivity contribution in [3.05, 3.63) is 52.8 Å². The van der Waals surface area contributed by atoms with Gasteiger partial charge in [0.05, 0.1) is 0 Å². The molecule has 0 aliphatic rings. The van der Waals surface area contributed by atoms with Gasteiger partial charge in [0.2, 0.25) is 0 Å². The summed E-state index contributed by atoms with van der Waals surface area (Å²) >= 11 is 6.00. The molecule has 1 heterocycles. The van der Waals surface area contributed by atoms with Gasteiger partial charge >= 0.3 is 0 Å². The van der Waals surface area contributed by atoms with Crippen LogP contribution in [0.4, 0.5) is 0 Å². The Hall–Kier alpha value is -1.36. The first-order valence-electron chi connectivity index (χ1n) is 6.34. The predicted molar refractivity (Wildman–Crippen MR) is 75.9 cm³/mol. The average molecular weight is 280 g/mol. The lowest BCUT2D eigenvalue weighted by molar-refractivity contribution is 0.211. The highest BCUT2D eigenvalue weighted by Crippen LogP contribution is 2.14. The molecule has 1 aromatic carbocycles. The Morgan fingerprint density at radius 3 is 2.84 bits per heavy atom. The van der Waals surface area contributed by atoms with E-state index in [1.54, 1.807) is 6.20 Å². The van der Waals surface area contributed by atoms with Crippen molar-refractivity contribution in [1.29, 1.82) is 0 Å². The molecule has 0 spiro atoms. The number of halogens is 1. The Labute approximate surface area is 118 Å². The summed E-state index contributed by atoms with van der Waals surface area (Å²) in [5, 5.41) is 16.7. The number of nitrogens with zero attached hydrogens (tertiary/aromatic N) is 2. The van der Waals surface area contributed by atoms with E-state index in [2.05, 4.69) is 21.2 Å². The number of rotatable bonds is 7. The van der Waals surface area contributed by atoms with Crippen LogP contribution in [0.25, 0.3) is 0 Å². The van der Waals surface area contributed by atoms with E-state index in [0.29, 0.717) is 0 Å². The Balaban J connectivity index is 2.00. The zero-order valence-corrected chi connectivity index (χ0v) is 11.5. The minimum absolute atomic E-state index is 0.203. The molecule has 0 bridgehead atoms. The smallest absolute Gasteiger partial charge is 0.0492 e. The summed E-state index contributed by atoms with van der Waals surface area (Å²) in [7, 11) is 0. The summed E-state index contributed by atoms with van der Waals surface area (Å²) in [6.45, 7) is 2.63. The van der Waals surface area contributed by atoms with Crippen molar-refractivity contribution in [1.82, 2.24) is 15.1 Å². The fourth-order valence-electron chi connectivity index (χ4n) is 2.02. The van der Waals surface area contributed by atoms with Crippen LogP contribution < -0.4 is 0 Å². The Bertz CT molecular complexity index is 487. The van der Waals surface area contributed by atoms with Crippen LogP contribution in [0.3, 0.4) is 0 Å². The lowest BCUT2D eigenvalue weighted by Crippen LogP contribution is -2.24. The number of aliphatic hydroxyl groups excluding tert-OH is 1. The van der Waals surface area contributed by atoms with Crippen LogP contribution >= 0.6 is 11.6 Å². The van der Waals surface area contributed by atoms with Gasteiger partial charge < -0.3 is 5.11 Å². The maximum absolute atomic E-state index is 8.98. The molecule has 0 saturated heterocycles. The van der Waals surface area contributed by atoms with Crippen LogP contribution in [0.5, 0.6) is 0 Å². The number of nitrogens with one attached hydrogen (secondary N) is 1. The van der Waals surface area contributed by atoms with Crippen LogP contribution in [0, 0.1) is 0 Å². The molecule has 0 aliphatic heterocycles. The Morgan fingerprint density at radius 1 is 1.26 bits per heavy atom. The fourth-order valence-corrected chi connectivity index (χ4v) is 2.23. The van der Waals surface area contributed by atoms with Gasteiger partial charge in [-0.15, -0.1) is 0 Å². The van der Waals surface area contributed by atoms with Crippen LogP contribution in [0.1, 0.15) is 17.7 Å². The minimum atomic E-state index is 0.203. The fraction of sp³-hybridized carbons (Fsp3) is 0.357. The number of H-pyrrole nitrogens is 1. The Morgan fingerprint density at radius 2 is 2.16 bits per heavy atom. The first kappa shape index (κ1) is 14.1. The lowest BCUT2D eigenvalue weighted by atomic mass is 10.2. The summed E-state index contributed by atoms with van der Waals surface area (Å²) < 4.78 is 0. The van der Waals surface area contributed by atoms with Gasteiger partial charge in [0, 0.05) is 43.2 Å². The number of aliphatic hydroxyl groups is 1. The summed E-state index contributed by atoms with van der Waals surface area (Å²) in [5.74, 6) is 0. The first-order valence-corrected chi connectivity index (χ1v) is 6.71. The molecule has 0 atom stereocenters. The zero-order valence-electron chi connectivity index (χ0n) is 10.7. The van der Waals surface area contributed by atoms with Gasteiger partial charge in [-0.05, 0) is 30.2 Å². The summed E-state index contributed by atoms with van der Waals surface area (Å²) in [4.78, 5) is 2.26. The lowest BCUT2D eigenvalue weighted by Gasteiger charge is -2.21. The predicted octanol–water partition coefficient (Wildman–Crippen LogP) is 2.45. The molecule has 0 amide bonds. The highest BCUT2D eigenvalue weighted by atomic mass is 35.5. The van der Waals surface area contributed by atoms with E-state index in [1.807, 2.05) is 24.3 Å². The molecule has 102 valence electrons. The number of aromatic amines is 1. The van der Waals surface area contributed by atoms with Crippen LogP contribution in [0.2, 0.25) is 5.02 Å². The molecule has 2 aromatic rings. The third kappa shape index (κ3) is 4.67. The maximum atomic E-state index is 8.98. The average Bonchev–Trinajstić information content (AvgIpc) is 2.89. The highest BCUT2D eigenvalue weighted by molar-refractivity contribution is 6.30. The monoisotopic (exact) mass is 279 g/mol. The van der Waals surface area contributed by atoms with Gasteiger partial charge in [-0.25, -0.2) is 0 Å².